The summed E-state index contributed by atoms with van der Waals surface area (Å²) in [5, 5.41) is 1.98. The van der Waals surface area contributed by atoms with E-state index in [0.717, 1.165) is 46.1 Å². The van der Waals surface area contributed by atoms with Gasteiger partial charge >= 0.3 is 0 Å². The molecule has 3 aromatic rings. The van der Waals surface area contributed by atoms with Crippen molar-refractivity contribution in [2.75, 3.05) is 18.8 Å². The molecule has 0 atom stereocenters. The minimum atomic E-state index is 0.918. The van der Waals surface area contributed by atoms with Crippen molar-refractivity contribution >= 4 is 53.8 Å². The molecule has 114 valence electrons. The molecular weight excluding hydrogens is 378 g/mol. The summed E-state index contributed by atoms with van der Waals surface area (Å²) in [5.74, 6) is 0. The van der Waals surface area contributed by atoms with E-state index in [0.29, 0.717) is 0 Å². The van der Waals surface area contributed by atoms with Crippen LogP contribution in [0.25, 0.3) is 20.8 Å². The number of rotatable bonds is 2. The van der Waals surface area contributed by atoms with Crippen LogP contribution in [0.15, 0.2) is 22.7 Å². The predicted octanol–water partition coefficient (Wildman–Crippen LogP) is 4.75. The van der Waals surface area contributed by atoms with Gasteiger partial charge in [0.1, 0.15) is 5.01 Å². The Morgan fingerprint density at radius 1 is 1.36 bits per heavy atom. The number of anilines is 1. The number of likely N-dealkylation sites (N-methyl/N-ethyl adjacent to an activating group) is 1. The number of nitrogens with two attached hydrogens (primary N) is 1. The van der Waals surface area contributed by atoms with Crippen molar-refractivity contribution in [3.05, 3.63) is 33.1 Å². The highest BCUT2D eigenvalue weighted by Crippen LogP contribution is 2.44. The first-order valence-electron chi connectivity index (χ1n) is 7.34. The zero-order chi connectivity index (χ0) is 15.3. The number of fused-ring (bicyclic) bond motifs is 2. The fraction of sp³-hybridized carbons (Fsp3) is 0.312. The van der Waals surface area contributed by atoms with Crippen LogP contribution in [0.3, 0.4) is 0 Å². The van der Waals surface area contributed by atoms with Crippen LogP contribution < -0.4 is 5.73 Å². The van der Waals surface area contributed by atoms with Crippen LogP contribution in [-0.2, 0) is 13.0 Å². The van der Waals surface area contributed by atoms with Crippen molar-refractivity contribution < 1.29 is 0 Å². The summed E-state index contributed by atoms with van der Waals surface area (Å²) in [6.07, 6.45) is 1.08. The SMILES string of the molecule is CCN1CCc2c(sc(N)c2-c2nc3cc(Br)ccc3s2)C1. The molecule has 0 unspecified atom stereocenters. The monoisotopic (exact) mass is 393 g/mol. The van der Waals surface area contributed by atoms with Crippen molar-refractivity contribution in [3.8, 4) is 10.6 Å². The third-order valence-corrected chi connectivity index (χ3v) is 6.77. The molecular formula is C16H16BrN3S2. The van der Waals surface area contributed by atoms with Gasteiger partial charge in [-0.15, -0.1) is 22.7 Å². The van der Waals surface area contributed by atoms with E-state index in [2.05, 4.69) is 46.0 Å². The van der Waals surface area contributed by atoms with Crippen LogP contribution in [0, 0.1) is 0 Å². The minimum absolute atomic E-state index is 0.918. The van der Waals surface area contributed by atoms with Gasteiger partial charge in [-0.1, -0.05) is 22.9 Å². The molecule has 4 rings (SSSR count). The van der Waals surface area contributed by atoms with Gasteiger partial charge in [-0.3, -0.25) is 4.90 Å². The average molecular weight is 394 g/mol. The Balaban J connectivity index is 1.83. The summed E-state index contributed by atoms with van der Waals surface area (Å²) in [5.41, 5.74) is 10.0. The maximum atomic E-state index is 6.35. The van der Waals surface area contributed by atoms with E-state index < -0.39 is 0 Å². The second-order valence-electron chi connectivity index (χ2n) is 5.49. The summed E-state index contributed by atoms with van der Waals surface area (Å²) in [4.78, 5) is 8.71. The molecule has 0 spiro atoms. The Labute approximate surface area is 145 Å². The third-order valence-electron chi connectivity index (χ3n) is 4.17. The number of thiazole rings is 1. The van der Waals surface area contributed by atoms with Gasteiger partial charge in [0.2, 0.25) is 0 Å². The van der Waals surface area contributed by atoms with E-state index in [1.54, 1.807) is 22.7 Å². The van der Waals surface area contributed by atoms with Crippen molar-refractivity contribution in [1.29, 1.82) is 0 Å². The largest absolute Gasteiger partial charge is 0.390 e. The molecule has 0 fully saturated rings. The molecule has 0 saturated heterocycles. The Bertz CT molecular complexity index is 853. The molecule has 0 saturated carbocycles. The first-order chi connectivity index (χ1) is 10.7. The molecule has 6 heteroatoms. The summed E-state index contributed by atoms with van der Waals surface area (Å²) in [6, 6.07) is 6.26. The Morgan fingerprint density at radius 3 is 3.05 bits per heavy atom. The van der Waals surface area contributed by atoms with E-state index in [4.69, 9.17) is 10.7 Å². The third kappa shape index (κ3) is 2.38. The second-order valence-corrected chi connectivity index (χ2v) is 8.58. The lowest BCUT2D eigenvalue weighted by atomic mass is 10.0. The Hall–Kier alpha value is -0.950. The van der Waals surface area contributed by atoms with Gasteiger partial charge in [-0.2, -0.15) is 0 Å². The van der Waals surface area contributed by atoms with Gasteiger partial charge in [0.25, 0.3) is 0 Å². The van der Waals surface area contributed by atoms with E-state index in [1.165, 1.54) is 20.7 Å². The first kappa shape index (κ1) is 14.6. The maximum Gasteiger partial charge on any atom is 0.127 e. The zero-order valence-electron chi connectivity index (χ0n) is 12.2. The van der Waals surface area contributed by atoms with E-state index in [1.807, 2.05) is 0 Å². The lowest BCUT2D eigenvalue weighted by Crippen LogP contribution is -2.29. The average Bonchev–Trinajstić information content (AvgIpc) is 3.05. The van der Waals surface area contributed by atoms with E-state index >= 15 is 0 Å². The second kappa shape index (κ2) is 5.60. The molecule has 1 aromatic carbocycles. The molecule has 0 aliphatic carbocycles. The number of thiophene rings is 1. The highest BCUT2D eigenvalue weighted by atomic mass is 79.9. The number of nitrogen functional groups attached to an aromatic ring is 1. The van der Waals surface area contributed by atoms with Crippen LogP contribution in [0.1, 0.15) is 17.4 Å². The van der Waals surface area contributed by atoms with Crippen LogP contribution in [-0.4, -0.2) is 23.0 Å². The van der Waals surface area contributed by atoms with Gasteiger partial charge in [0.15, 0.2) is 0 Å². The highest BCUT2D eigenvalue weighted by molar-refractivity contribution is 9.10. The number of benzene rings is 1. The molecule has 3 heterocycles. The molecule has 1 aliphatic heterocycles. The number of nitrogens with zero attached hydrogens (tertiary/aromatic N) is 2. The molecule has 2 N–H and O–H groups in total. The summed E-state index contributed by atoms with van der Waals surface area (Å²) in [7, 11) is 0. The smallest absolute Gasteiger partial charge is 0.127 e. The molecule has 3 nitrogen and oxygen atoms in total. The topological polar surface area (TPSA) is 42.1 Å². The number of aromatic nitrogens is 1. The molecule has 2 aromatic heterocycles. The first-order valence-corrected chi connectivity index (χ1v) is 9.77. The molecule has 22 heavy (non-hydrogen) atoms. The lowest BCUT2D eigenvalue weighted by molar-refractivity contribution is 0.272. The maximum absolute atomic E-state index is 6.35. The fourth-order valence-corrected chi connectivity index (χ4v) is 5.60. The molecule has 0 bridgehead atoms. The standard InChI is InChI=1S/C16H16BrN3S2/c1-2-20-6-5-10-13(8-20)21-15(18)14(10)16-19-11-7-9(17)3-4-12(11)22-16/h3-4,7H,2,5-6,8,18H2,1H3. The molecule has 0 radical (unpaired) electrons. The van der Waals surface area contributed by atoms with E-state index in [9.17, 15) is 0 Å². The summed E-state index contributed by atoms with van der Waals surface area (Å²) >= 11 is 6.99. The number of hydrogen-bond acceptors (Lipinski definition) is 5. The van der Waals surface area contributed by atoms with Gasteiger partial charge in [-0.05, 0) is 36.7 Å². The van der Waals surface area contributed by atoms with Crippen molar-refractivity contribution in [1.82, 2.24) is 9.88 Å². The van der Waals surface area contributed by atoms with Gasteiger partial charge in [0, 0.05) is 28.0 Å². The highest BCUT2D eigenvalue weighted by Gasteiger charge is 2.25. The van der Waals surface area contributed by atoms with Gasteiger partial charge in [-0.25, -0.2) is 4.98 Å². The Kier molecular flexibility index (Phi) is 3.72. The van der Waals surface area contributed by atoms with Crippen molar-refractivity contribution in [2.45, 2.75) is 19.9 Å². The van der Waals surface area contributed by atoms with Crippen molar-refractivity contribution in [2.24, 2.45) is 0 Å². The minimum Gasteiger partial charge on any atom is -0.390 e. The summed E-state index contributed by atoms with van der Waals surface area (Å²) < 4.78 is 2.28. The molecule has 0 amide bonds. The van der Waals surface area contributed by atoms with Crippen LogP contribution in [0.4, 0.5) is 5.00 Å². The fourth-order valence-electron chi connectivity index (χ4n) is 2.99. The van der Waals surface area contributed by atoms with Gasteiger partial charge in [0.05, 0.1) is 15.2 Å². The van der Waals surface area contributed by atoms with Crippen molar-refractivity contribution in [3.63, 3.8) is 0 Å². The van der Waals surface area contributed by atoms with E-state index in [-0.39, 0.29) is 0 Å². The quantitative estimate of drug-likeness (QED) is 0.682. The van der Waals surface area contributed by atoms with Crippen LogP contribution in [0.5, 0.6) is 0 Å². The predicted molar refractivity (Wildman–Crippen MR) is 99.7 cm³/mol. The lowest BCUT2D eigenvalue weighted by Gasteiger charge is -2.25. The Morgan fingerprint density at radius 2 is 2.23 bits per heavy atom. The normalized spacial score (nSPS) is 15.4. The van der Waals surface area contributed by atoms with Crippen LogP contribution in [0.2, 0.25) is 0 Å². The number of hydrogen-bond donors (Lipinski definition) is 1. The summed E-state index contributed by atoms with van der Waals surface area (Å²) in [6.45, 7) is 5.45. The number of halogens is 1. The van der Waals surface area contributed by atoms with Gasteiger partial charge < -0.3 is 5.73 Å². The van der Waals surface area contributed by atoms with Crippen LogP contribution >= 0.6 is 38.6 Å². The molecule has 1 aliphatic rings. The zero-order valence-corrected chi connectivity index (χ0v) is 15.4.